The van der Waals surface area contributed by atoms with Gasteiger partial charge in [-0.05, 0) is 30.6 Å². The quantitative estimate of drug-likeness (QED) is 0.551. The van der Waals surface area contributed by atoms with E-state index in [-0.39, 0.29) is 35.0 Å². The van der Waals surface area contributed by atoms with Crippen molar-refractivity contribution in [3.05, 3.63) is 0 Å². The normalized spacial score (nSPS) is 18.9. The maximum Gasteiger partial charge on any atom is 0.233 e. The van der Waals surface area contributed by atoms with E-state index >= 15 is 0 Å². The third-order valence-corrected chi connectivity index (χ3v) is 4.29. The molecule has 0 spiro atoms. The van der Waals surface area contributed by atoms with Crippen molar-refractivity contribution in [2.24, 2.45) is 17.3 Å². The van der Waals surface area contributed by atoms with Crippen molar-refractivity contribution < 1.29 is 14.4 Å². The average Bonchev–Trinajstić information content (AvgIpc) is 2.70. The zero-order valence-corrected chi connectivity index (χ0v) is 15.3. The van der Waals surface area contributed by atoms with Crippen LogP contribution in [0, 0.1) is 17.3 Å². The average molecular weight is 324 g/mol. The van der Waals surface area contributed by atoms with Crippen LogP contribution in [-0.2, 0) is 14.4 Å². The molecule has 1 unspecified atom stereocenters. The summed E-state index contributed by atoms with van der Waals surface area (Å²) in [6.45, 7) is 11.5. The van der Waals surface area contributed by atoms with Gasteiger partial charge in [0, 0.05) is 31.8 Å². The van der Waals surface area contributed by atoms with E-state index in [1.165, 1.54) is 4.90 Å². The van der Waals surface area contributed by atoms with E-state index in [1.807, 2.05) is 13.8 Å². The number of carbonyl (C=O) groups is 3. The van der Waals surface area contributed by atoms with E-state index in [1.54, 1.807) is 0 Å². The van der Waals surface area contributed by atoms with Gasteiger partial charge in [0.05, 0.1) is 0 Å². The van der Waals surface area contributed by atoms with E-state index < -0.39 is 0 Å². The van der Waals surface area contributed by atoms with Crippen LogP contribution in [0.1, 0.15) is 66.7 Å². The molecule has 0 aliphatic carbocycles. The monoisotopic (exact) mass is 324 g/mol. The Kier molecular flexibility index (Phi) is 7.23. The van der Waals surface area contributed by atoms with Crippen molar-refractivity contribution in [1.82, 2.24) is 10.2 Å². The van der Waals surface area contributed by atoms with Gasteiger partial charge in [0.2, 0.25) is 17.7 Å². The van der Waals surface area contributed by atoms with Crippen molar-refractivity contribution in [1.29, 1.82) is 0 Å². The van der Waals surface area contributed by atoms with Gasteiger partial charge in [-0.25, -0.2) is 0 Å². The second-order valence-corrected chi connectivity index (χ2v) is 8.06. The first-order chi connectivity index (χ1) is 10.6. The standard InChI is InChI=1S/C18H32N2O3/c1-13(2)14-12-16(22)20(17(14)23)11-6-8-15(21)19-10-7-9-18(3,4)5/h13-14H,6-12H2,1-5H3,(H,19,21). The summed E-state index contributed by atoms with van der Waals surface area (Å²) in [5.74, 6) is -0.176. The predicted octanol–water partition coefficient (Wildman–Crippen LogP) is 2.74. The largest absolute Gasteiger partial charge is 0.356 e. The molecule has 132 valence electrons. The highest BCUT2D eigenvalue weighted by atomic mass is 16.2. The van der Waals surface area contributed by atoms with Crippen molar-refractivity contribution >= 4 is 17.7 Å². The molecular weight excluding hydrogens is 292 g/mol. The minimum absolute atomic E-state index is 0.00147. The van der Waals surface area contributed by atoms with Gasteiger partial charge >= 0.3 is 0 Å². The molecule has 1 aliphatic rings. The minimum Gasteiger partial charge on any atom is -0.356 e. The highest BCUT2D eigenvalue weighted by Gasteiger charge is 2.39. The van der Waals surface area contributed by atoms with Crippen LogP contribution in [0.15, 0.2) is 0 Å². The maximum atomic E-state index is 12.1. The third-order valence-electron chi connectivity index (χ3n) is 4.29. The smallest absolute Gasteiger partial charge is 0.233 e. The second kappa shape index (κ2) is 8.46. The molecule has 5 heteroatoms. The molecule has 0 aromatic rings. The van der Waals surface area contributed by atoms with Gasteiger partial charge in [-0.1, -0.05) is 34.6 Å². The van der Waals surface area contributed by atoms with Crippen molar-refractivity contribution in [3.63, 3.8) is 0 Å². The van der Waals surface area contributed by atoms with Gasteiger partial charge in [-0.2, -0.15) is 0 Å². The fourth-order valence-corrected chi connectivity index (χ4v) is 2.80. The molecule has 23 heavy (non-hydrogen) atoms. The molecule has 1 rings (SSSR count). The van der Waals surface area contributed by atoms with Crippen molar-refractivity contribution in [2.75, 3.05) is 13.1 Å². The molecule has 5 nitrogen and oxygen atoms in total. The van der Waals surface area contributed by atoms with Gasteiger partial charge in [0.1, 0.15) is 0 Å². The summed E-state index contributed by atoms with van der Waals surface area (Å²) in [6, 6.07) is 0. The fourth-order valence-electron chi connectivity index (χ4n) is 2.80. The number of hydrogen-bond acceptors (Lipinski definition) is 3. The molecule has 0 saturated carbocycles. The third kappa shape index (κ3) is 6.71. The summed E-state index contributed by atoms with van der Waals surface area (Å²) in [7, 11) is 0. The van der Waals surface area contributed by atoms with Crippen LogP contribution < -0.4 is 5.32 Å². The number of nitrogens with one attached hydrogen (secondary N) is 1. The lowest BCUT2D eigenvalue weighted by Gasteiger charge is -2.18. The lowest BCUT2D eigenvalue weighted by molar-refractivity contribution is -0.140. The molecular formula is C18H32N2O3. The Morgan fingerprint density at radius 1 is 1.26 bits per heavy atom. The van der Waals surface area contributed by atoms with Crippen LogP contribution in [0.2, 0.25) is 0 Å². The molecule has 3 amide bonds. The molecule has 1 aliphatic heterocycles. The summed E-state index contributed by atoms with van der Waals surface area (Å²) in [5.41, 5.74) is 0.286. The van der Waals surface area contributed by atoms with Crippen LogP contribution in [0.5, 0.6) is 0 Å². The molecule has 1 heterocycles. The highest BCUT2D eigenvalue weighted by Crippen LogP contribution is 2.26. The number of carbonyl (C=O) groups excluding carboxylic acids is 3. The Balaban J connectivity index is 2.22. The fraction of sp³-hybridized carbons (Fsp3) is 0.833. The molecule has 1 atom stereocenters. The molecule has 1 saturated heterocycles. The summed E-state index contributed by atoms with van der Waals surface area (Å²) in [6.07, 6.45) is 3.25. The maximum absolute atomic E-state index is 12.1. The number of likely N-dealkylation sites (tertiary alicyclic amines) is 1. The lowest BCUT2D eigenvalue weighted by atomic mass is 9.91. The van der Waals surface area contributed by atoms with Crippen LogP contribution in [-0.4, -0.2) is 35.7 Å². The molecule has 1 N–H and O–H groups in total. The summed E-state index contributed by atoms with van der Waals surface area (Å²) >= 11 is 0. The topological polar surface area (TPSA) is 66.5 Å². The van der Waals surface area contributed by atoms with E-state index in [4.69, 9.17) is 0 Å². The van der Waals surface area contributed by atoms with E-state index in [2.05, 4.69) is 26.1 Å². The Labute approximate surface area is 140 Å². The van der Waals surface area contributed by atoms with Gasteiger partial charge in [0.25, 0.3) is 0 Å². The Morgan fingerprint density at radius 2 is 1.91 bits per heavy atom. The summed E-state index contributed by atoms with van der Waals surface area (Å²) in [5, 5.41) is 2.90. The summed E-state index contributed by atoms with van der Waals surface area (Å²) in [4.78, 5) is 37.1. The number of hydrogen-bond donors (Lipinski definition) is 1. The van der Waals surface area contributed by atoms with Gasteiger partial charge in [-0.3, -0.25) is 19.3 Å². The minimum atomic E-state index is -0.186. The van der Waals surface area contributed by atoms with Crippen LogP contribution in [0.3, 0.4) is 0 Å². The molecule has 0 aromatic heterocycles. The molecule has 0 radical (unpaired) electrons. The summed E-state index contributed by atoms with van der Waals surface area (Å²) < 4.78 is 0. The van der Waals surface area contributed by atoms with Gasteiger partial charge < -0.3 is 5.32 Å². The highest BCUT2D eigenvalue weighted by molar-refractivity contribution is 6.03. The Bertz CT molecular complexity index is 438. The first kappa shape index (κ1) is 19.7. The van der Waals surface area contributed by atoms with Gasteiger partial charge in [0.15, 0.2) is 0 Å². The van der Waals surface area contributed by atoms with E-state index in [9.17, 15) is 14.4 Å². The second-order valence-electron chi connectivity index (χ2n) is 8.06. The van der Waals surface area contributed by atoms with E-state index in [0.29, 0.717) is 32.4 Å². The molecule has 0 bridgehead atoms. The van der Waals surface area contributed by atoms with Gasteiger partial charge in [-0.15, -0.1) is 0 Å². The molecule has 1 fully saturated rings. The predicted molar refractivity (Wildman–Crippen MR) is 90.6 cm³/mol. The SMILES string of the molecule is CC(C)C1CC(=O)N(CCCC(=O)NCCCC(C)(C)C)C1=O. The van der Waals surface area contributed by atoms with Crippen LogP contribution in [0.25, 0.3) is 0 Å². The molecule has 0 aromatic carbocycles. The van der Waals surface area contributed by atoms with Crippen molar-refractivity contribution in [2.45, 2.75) is 66.7 Å². The van der Waals surface area contributed by atoms with Crippen LogP contribution >= 0.6 is 0 Å². The zero-order valence-electron chi connectivity index (χ0n) is 15.3. The number of rotatable bonds is 8. The Hall–Kier alpha value is -1.39. The Morgan fingerprint density at radius 3 is 2.43 bits per heavy atom. The van der Waals surface area contributed by atoms with Crippen LogP contribution in [0.4, 0.5) is 0 Å². The first-order valence-corrected chi connectivity index (χ1v) is 8.72. The zero-order chi connectivity index (χ0) is 17.6. The number of imide groups is 1. The first-order valence-electron chi connectivity index (χ1n) is 8.72. The van der Waals surface area contributed by atoms with Crippen molar-refractivity contribution in [3.8, 4) is 0 Å². The lowest BCUT2D eigenvalue weighted by Crippen LogP contribution is -2.33. The number of nitrogens with zero attached hydrogens (tertiary/aromatic N) is 1. The van der Waals surface area contributed by atoms with E-state index in [0.717, 1.165) is 12.8 Å². The number of amides is 3.